The Balaban J connectivity index is 1.42. The Morgan fingerprint density at radius 3 is 2.84 bits per heavy atom. The number of piperidine rings is 1. The number of pyridine rings is 1. The average molecular weight is 337 g/mol. The van der Waals surface area contributed by atoms with Crippen LogP contribution in [0.2, 0.25) is 0 Å². The topological polar surface area (TPSA) is 71.0 Å². The summed E-state index contributed by atoms with van der Waals surface area (Å²) in [5.74, 6) is 3.05. The molecule has 2 aromatic heterocycles. The van der Waals surface area contributed by atoms with Crippen LogP contribution in [0.25, 0.3) is 0 Å². The van der Waals surface area contributed by atoms with E-state index in [9.17, 15) is 4.79 Å². The Bertz CT molecular complexity index is 757. The van der Waals surface area contributed by atoms with E-state index in [1.807, 2.05) is 31.3 Å². The van der Waals surface area contributed by atoms with Gasteiger partial charge in [0.1, 0.15) is 17.5 Å². The van der Waals surface area contributed by atoms with Gasteiger partial charge < -0.3 is 10.2 Å². The third-order valence-electron chi connectivity index (χ3n) is 4.88. The highest BCUT2D eigenvalue weighted by atomic mass is 16.2. The van der Waals surface area contributed by atoms with Crippen molar-refractivity contribution in [2.75, 3.05) is 23.3 Å². The standard InChI is InChI=1S/C19H23N5O/c1-13-4-7-16(21-11-13)22-19(25)15-3-2-10-24(12-15)17-8-9-20-18(23-17)14-5-6-14/h4,7-9,11,14-15H,2-3,5-6,10,12H2,1H3,(H,21,22,25). The molecule has 2 aromatic rings. The molecule has 1 atom stereocenters. The van der Waals surface area contributed by atoms with Gasteiger partial charge in [0.05, 0.1) is 5.92 Å². The Morgan fingerprint density at radius 1 is 1.20 bits per heavy atom. The van der Waals surface area contributed by atoms with Crippen LogP contribution in [0.3, 0.4) is 0 Å². The van der Waals surface area contributed by atoms with Crippen molar-refractivity contribution in [2.45, 2.75) is 38.5 Å². The van der Waals surface area contributed by atoms with E-state index in [-0.39, 0.29) is 11.8 Å². The summed E-state index contributed by atoms with van der Waals surface area (Å²) < 4.78 is 0. The first kappa shape index (κ1) is 16.0. The second-order valence-electron chi connectivity index (χ2n) is 7.04. The molecule has 1 N–H and O–H groups in total. The number of nitrogens with zero attached hydrogens (tertiary/aromatic N) is 4. The molecular weight excluding hydrogens is 314 g/mol. The van der Waals surface area contributed by atoms with E-state index in [0.717, 1.165) is 36.6 Å². The number of nitrogens with one attached hydrogen (secondary N) is 1. The smallest absolute Gasteiger partial charge is 0.230 e. The largest absolute Gasteiger partial charge is 0.356 e. The molecule has 1 saturated heterocycles. The van der Waals surface area contributed by atoms with Gasteiger partial charge in [-0.25, -0.2) is 15.0 Å². The molecule has 2 fully saturated rings. The van der Waals surface area contributed by atoms with Crippen LogP contribution in [0, 0.1) is 12.8 Å². The molecule has 25 heavy (non-hydrogen) atoms. The van der Waals surface area contributed by atoms with E-state index in [2.05, 4.69) is 20.2 Å². The Labute approximate surface area is 147 Å². The van der Waals surface area contributed by atoms with Gasteiger partial charge in [0.25, 0.3) is 0 Å². The molecule has 3 heterocycles. The van der Waals surface area contributed by atoms with Gasteiger partial charge in [-0.15, -0.1) is 0 Å². The van der Waals surface area contributed by atoms with E-state index in [0.29, 0.717) is 18.3 Å². The first-order valence-electron chi connectivity index (χ1n) is 9.00. The van der Waals surface area contributed by atoms with Crippen LogP contribution in [0.5, 0.6) is 0 Å². The van der Waals surface area contributed by atoms with Crippen molar-refractivity contribution in [3.63, 3.8) is 0 Å². The number of hydrogen-bond donors (Lipinski definition) is 1. The van der Waals surface area contributed by atoms with E-state index < -0.39 is 0 Å². The fraction of sp³-hybridized carbons (Fsp3) is 0.474. The molecule has 1 amide bonds. The minimum absolute atomic E-state index is 0.0394. The van der Waals surface area contributed by atoms with Crippen LogP contribution in [0.1, 0.15) is 43.0 Å². The van der Waals surface area contributed by atoms with Gasteiger partial charge in [-0.3, -0.25) is 4.79 Å². The third kappa shape index (κ3) is 3.78. The second kappa shape index (κ2) is 6.78. The van der Waals surface area contributed by atoms with E-state index in [4.69, 9.17) is 4.98 Å². The molecule has 2 aliphatic rings. The Kier molecular flexibility index (Phi) is 4.34. The highest BCUT2D eigenvalue weighted by Gasteiger charge is 2.29. The quantitative estimate of drug-likeness (QED) is 0.929. The van der Waals surface area contributed by atoms with Crippen LogP contribution in [-0.4, -0.2) is 33.9 Å². The summed E-state index contributed by atoms with van der Waals surface area (Å²) in [4.78, 5) is 28.2. The van der Waals surface area contributed by atoms with E-state index in [1.165, 1.54) is 12.8 Å². The summed E-state index contributed by atoms with van der Waals surface area (Å²) >= 11 is 0. The molecule has 0 bridgehead atoms. The molecule has 130 valence electrons. The Hall–Kier alpha value is -2.50. The van der Waals surface area contributed by atoms with Gasteiger partial charge >= 0.3 is 0 Å². The van der Waals surface area contributed by atoms with Crippen LogP contribution < -0.4 is 10.2 Å². The molecule has 0 radical (unpaired) electrons. The van der Waals surface area contributed by atoms with Crippen LogP contribution in [0.4, 0.5) is 11.6 Å². The maximum Gasteiger partial charge on any atom is 0.230 e. The van der Waals surface area contributed by atoms with Crippen molar-refractivity contribution in [3.05, 3.63) is 42.0 Å². The van der Waals surface area contributed by atoms with Gasteiger partial charge in [0.15, 0.2) is 0 Å². The van der Waals surface area contributed by atoms with Crippen molar-refractivity contribution in [1.82, 2.24) is 15.0 Å². The zero-order chi connectivity index (χ0) is 17.2. The Morgan fingerprint density at radius 2 is 2.08 bits per heavy atom. The highest BCUT2D eigenvalue weighted by Crippen LogP contribution is 2.38. The number of rotatable bonds is 4. The van der Waals surface area contributed by atoms with Gasteiger partial charge in [0.2, 0.25) is 5.91 Å². The van der Waals surface area contributed by atoms with Crippen LogP contribution in [0.15, 0.2) is 30.6 Å². The normalized spacial score (nSPS) is 20.4. The number of aryl methyl sites for hydroxylation is 1. The maximum atomic E-state index is 12.6. The predicted molar refractivity (Wildman–Crippen MR) is 96.5 cm³/mol. The van der Waals surface area contributed by atoms with E-state index in [1.54, 1.807) is 6.20 Å². The average Bonchev–Trinajstić information content (AvgIpc) is 3.49. The van der Waals surface area contributed by atoms with Crippen molar-refractivity contribution < 1.29 is 4.79 Å². The molecular formula is C19H23N5O. The number of aromatic nitrogens is 3. The molecule has 4 rings (SSSR count). The summed E-state index contributed by atoms with van der Waals surface area (Å²) in [6.45, 7) is 3.61. The fourth-order valence-corrected chi connectivity index (χ4v) is 3.25. The molecule has 1 aliphatic heterocycles. The minimum Gasteiger partial charge on any atom is -0.356 e. The van der Waals surface area contributed by atoms with Gasteiger partial charge in [0, 0.05) is 31.4 Å². The second-order valence-corrected chi connectivity index (χ2v) is 7.04. The summed E-state index contributed by atoms with van der Waals surface area (Å²) in [5, 5.41) is 2.94. The number of amides is 1. The zero-order valence-corrected chi connectivity index (χ0v) is 14.5. The molecule has 1 aliphatic carbocycles. The molecule has 0 spiro atoms. The lowest BCUT2D eigenvalue weighted by atomic mass is 9.97. The van der Waals surface area contributed by atoms with Crippen LogP contribution in [-0.2, 0) is 4.79 Å². The monoisotopic (exact) mass is 337 g/mol. The first-order valence-corrected chi connectivity index (χ1v) is 9.00. The summed E-state index contributed by atoms with van der Waals surface area (Å²) in [7, 11) is 0. The van der Waals surface area contributed by atoms with Crippen molar-refractivity contribution >= 4 is 17.5 Å². The first-order chi connectivity index (χ1) is 12.2. The molecule has 1 saturated carbocycles. The van der Waals surface area contributed by atoms with Gasteiger partial charge in [-0.1, -0.05) is 6.07 Å². The third-order valence-corrected chi connectivity index (χ3v) is 4.88. The number of anilines is 2. The van der Waals surface area contributed by atoms with Gasteiger partial charge in [-0.05, 0) is 50.3 Å². The molecule has 6 heteroatoms. The zero-order valence-electron chi connectivity index (χ0n) is 14.5. The van der Waals surface area contributed by atoms with Crippen LogP contribution >= 0.6 is 0 Å². The van der Waals surface area contributed by atoms with Crippen molar-refractivity contribution in [2.24, 2.45) is 5.92 Å². The lowest BCUT2D eigenvalue weighted by molar-refractivity contribution is -0.120. The maximum absolute atomic E-state index is 12.6. The molecule has 1 unspecified atom stereocenters. The number of carbonyl (C=O) groups is 1. The lowest BCUT2D eigenvalue weighted by Gasteiger charge is -2.32. The van der Waals surface area contributed by atoms with Crippen molar-refractivity contribution in [3.8, 4) is 0 Å². The summed E-state index contributed by atoms with van der Waals surface area (Å²) in [6, 6.07) is 5.75. The number of hydrogen-bond acceptors (Lipinski definition) is 5. The summed E-state index contributed by atoms with van der Waals surface area (Å²) in [6.07, 6.45) is 7.88. The summed E-state index contributed by atoms with van der Waals surface area (Å²) in [5.41, 5.74) is 1.08. The lowest BCUT2D eigenvalue weighted by Crippen LogP contribution is -2.41. The van der Waals surface area contributed by atoms with Gasteiger partial charge in [-0.2, -0.15) is 0 Å². The van der Waals surface area contributed by atoms with Crippen molar-refractivity contribution in [1.29, 1.82) is 0 Å². The van der Waals surface area contributed by atoms with E-state index >= 15 is 0 Å². The predicted octanol–water partition coefficient (Wildman–Crippen LogP) is 2.91. The molecule has 0 aromatic carbocycles. The number of carbonyl (C=O) groups excluding carboxylic acids is 1. The molecule has 6 nitrogen and oxygen atoms in total. The highest BCUT2D eigenvalue weighted by molar-refractivity contribution is 5.92. The minimum atomic E-state index is -0.0452. The SMILES string of the molecule is Cc1ccc(NC(=O)C2CCCN(c3ccnc(C4CC4)n3)C2)nc1. The fourth-order valence-electron chi connectivity index (χ4n) is 3.25.